The minimum Gasteiger partial charge on any atom is -0.356 e. The Morgan fingerprint density at radius 1 is 1.33 bits per heavy atom. The Bertz CT molecular complexity index is 374. The summed E-state index contributed by atoms with van der Waals surface area (Å²) in [5.74, 6) is 0.770. The Labute approximate surface area is 110 Å². The van der Waals surface area contributed by atoms with Crippen LogP contribution < -0.4 is 0 Å². The van der Waals surface area contributed by atoms with Crippen molar-refractivity contribution < 1.29 is 9.47 Å². The second-order valence-electron chi connectivity index (χ2n) is 4.98. The van der Waals surface area contributed by atoms with Gasteiger partial charge in [0.1, 0.15) is 0 Å². The van der Waals surface area contributed by atoms with Gasteiger partial charge in [-0.05, 0) is 18.4 Å². The second kappa shape index (κ2) is 6.17. The smallest absolute Gasteiger partial charge is 0.160 e. The van der Waals surface area contributed by atoms with E-state index in [1.807, 2.05) is 12.1 Å². The fourth-order valence-electron chi connectivity index (χ4n) is 2.76. The molecule has 98 valence electrons. The molecule has 4 atom stereocenters. The fraction of sp³-hybridized carbons (Fsp3) is 0.500. The molecule has 1 aliphatic rings. The van der Waals surface area contributed by atoms with Crippen LogP contribution in [0, 0.1) is 11.8 Å². The Balaban J connectivity index is 1.94. The minimum absolute atomic E-state index is 0.0891. The summed E-state index contributed by atoms with van der Waals surface area (Å²) < 4.78 is 11.3. The molecule has 1 saturated heterocycles. The fourth-order valence-corrected chi connectivity index (χ4v) is 2.76. The van der Waals surface area contributed by atoms with Crippen LogP contribution in [-0.4, -0.2) is 19.5 Å². The highest BCUT2D eigenvalue weighted by molar-refractivity contribution is 5.15. The first-order valence-electron chi connectivity index (χ1n) is 6.61. The van der Waals surface area contributed by atoms with Crippen LogP contribution >= 0.6 is 0 Å². The second-order valence-corrected chi connectivity index (χ2v) is 4.98. The van der Waals surface area contributed by atoms with Gasteiger partial charge in [0.15, 0.2) is 6.29 Å². The standard InChI is InChI=1S/C16H22O2/c1-4-14-12(2)16(17-3)18-15(14)11-10-13-8-6-5-7-9-13/h4-9,12,14-16H,1,10-11H2,2-3H3/t12-,14+,15-,16+/m1/s1. The molecule has 0 N–H and O–H groups in total. The van der Waals surface area contributed by atoms with Crippen molar-refractivity contribution in [3.63, 3.8) is 0 Å². The molecule has 1 aromatic carbocycles. The quantitative estimate of drug-likeness (QED) is 0.741. The van der Waals surface area contributed by atoms with Crippen LogP contribution in [0.15, 0.2) is 43.0 Å². The molecule has 0 spiro atoms. The van der Waals surface area contributed by atoms with Gasteiger partial charge in [-0.2, -0.15) is 0 Å². The van der Waals surface area contributed by atoms with Crippen LogP contribution in [0.3, 0.4) is 0 Å². The van der Waals surface area contributed by atoms with Gasteiger partial charge in [0.25, 0.3) is 0 Å². The molecule has 0 radical (unpaired) electrons. The average Bonchev–Trinajstić information content (AvgIpc) is 2.73. The third-order valence-electron chi connectivity index (χ3n) is 3.84. The number of hydrogen-bond acceptors (Lipinski definition) is 2. The van der Waals surface area contributed by atoms with Gasteiger partial charge in [0.05, 0.1) is 6.10 Å². The summed E-state index contributed by atoms with van der Waals surface area (Å²) in [5.41, 5.74) is 1.36. The number of methoxy groups -OCH3 is 1. The largest absolute Gasteiger partial charge is 0.356 e. The summed E-state index contributed by atoms with van der Waals surface area (Å²) in [6.45, 7) is 6.10. The van der Waals surface area contributed by atoms with Gasteiger partial charge in [-0.1, -0.05) is 43.3 Å². The lowest BCUT2D eigenvalue weighted by molar-refractivity contribution is -0.130. The molecule has 0 amide bonds. The van der Waals surface area contributed by atoms with E-state index in [1.165, 1.54) is 5.56 Å². The first-order chi connectivity index (χ1) is 8.76. The first kappa shape index (κ1) is 13.3. The Kier molecular flexibility index (Phi) is 4.56. The Morgan fingerprint density at radius 2 is 2.06 bits per heavy atom. The molecule has 2 nitrogen and oxygen atoms in total. The van der Waals surface area contributed by atoms with Crippen molar-refractivity contribution >= 4 is 0 Å². The van der Waals surface area contributed by atoms with Crippen molar-refractivity contribution in [1.82, 2.24) is 0 Å². The summed E-state index contributed by atoms with van der Waals surface area (Å²) in [6.07, 6.45) is 4.21. The van der Waals surface area contributed by atoms with Gasteiger partial charge in [-0.15, -0.1) is 6.58 Å². The van der Waals surface area contributed by atoms with E-state index in [2.05, 4.69) is 37.8 Å². The van der Waals surface area contributed by atoms with Gasteiger partial charge in [-0.3, -0.25) is 0 Å². The van der Waals surface area contributed by atoms with Crippen LogP contribution in [-0.2, 0) is 15.9 Å². The lowest BCUT2D eigenvalue weighted by Gasteiger charge is -2.16. The molecule has 1 fully saturated rings. The maximum absolute atomic E-state index is 5.95. The molecule has 18 heavy (non-hydrogen) atoms. The van der Waals surface area contributed by atoms with Crippen molar-refractivity contribution in [1.29, 1.82) is 0 Å². The van der Waals surface area contributed by atoms with E-state index in [-0.39, 0.29) is 12.4 Å². The molecule has 1 heterocycles. The summed E-state index contributed by atoms with van der Waals surface area (Å²) in [7, 11) is 1.71. The lowest BCUT2D eigenvalue weighted by Crippen LogP contribution is -2.18. The van der Waals surface area contributed by atoms with E-state index < -0.39 is 0 Å². The van der Waals surface area contributed by atoms with E-state index in [0.717, 1.165) is 12.8 Å². The molecular weight excluding hydrogens is 224 g/mol. The highest BCUT2D eigenvalue weighted by atomic mass is 16.7. The van der Waals surface area contributed by atoms with Gasteiger partial charge in [0, 0.05) is 18.9 Å². The lowest BCUT2D eigenvalue weighted by atomic mass is 9.89. The minimum atomic E-state index is -0.0891. The predicted molar refractivity (Wildman–Crippen MR) is 73.3 cm³/mol. The van der Waals surface area contributed by atoms with Crippen molar-refractivity contribution in [2.45, 2.75) is 32.2 Å². The molecule has 2 rings (SSSR count). The van der Waals surface area contributed by atoms with Gasteiger partial charge in [0.2, 0.25) is 0 Å². The third-order valence-corrected chi connectivity index (χ3v) is 3.84. The maximum Gasteiger partial charge on any atom is 0.160 e. The average molecular weight is 246 g/mol. The van der Waals surface area contributed by atoms with Gasteiger partial charge < -0.3 is 9.47 Å². The van der Waals surface area contributed by atoms with Gasteiger partial charge in [-0.25, -0.2) is 0 Å². The monoisotopic (exact) mass is 246 g/mol. The normalized spacial score (nSPS) is 31.4. The van der Waals surface area contributed by atoms with Crippen LogP contribution in [0.5, 0.6) is 0 Å². The molecule has 0 unspecified atom stereocenters. The summed E-state index contributed by atoms with van der Waals surface area (Å²) in [6, 6.07) is 10.5. The molecule has 2 heteroatoms. The van der Waals surface area contributed by atoms with Crippen LogP contribution in [0.2, 0.25) is 0 Å². The molecule has 1 aliphatic heterocycles. The Morgan fingerprint density at radius 3 is 2.67 bits per heavy atom. The number of rotatable bonds is 5. The summed E-state index contributed by atoms with van der Waals surface area (Å²) >= 11 is 0. The zero-order chi connectivity index (χ0) is 13.0. The Hall–Kier alpha value is -1.12. The predicted octanol–water partition coefficient (Wildman–Crippen LogP) is 3.43. The van der Waals surface area contributed by atoms with Crippen LogP contribution in [0.4, 0.5) is 0 Å². The summed E-state index contributed by atoms with van der Waals surface area (Å²) in [5, 5.41) is 0. The molecular formula is C16H22O2. The van der Waals surface area contributed by atoms with E-state index in [0.29, 0.717) is 11.8 Å². The van der Waals surface area contributed by atoms with Crippen molar-refractivity contribution in [3.8, 4) is 0 Å². The summed E-state index contributed by atoms with van der Waals surface area (Å²) in [4.78, 5) is 0. The SMILES string of the molecule is C=C[C@H]1[C@@H](C)[C@@H](OC)O[C@@H]1CCc1ccccc1. The topological polar surface area (TPSA) is 18.5 Å². The third kappa shape index (κ3) is 2.82. The van der Waals surface area contributed by atoms with Gasteiger partial charge >= 0.3 is 0 Å². The molecule has 0 saturated carbocycles. The van der Waals surface area contributed by atoms with E-state index in [9.17, 15) is 0 Å². The van der Waals surface area contributed by atoms with Crippen LogP contribution in [0.1, 0.15) is 18.9 Å². The molecule has 0 aromatic heterocycles. The molecule has 0 bridgehead atoms. The number of hydrogen-bond donors (Lipinski definition) is 0. The zero-order valence-corrected chi connectivity index (χ0v) is 11.2. The van der Waals surface area contributed by atoms with E-state index >= 15 is 0 Å². The highest BCUT2D eigenvalue weighted by Gasteiger charge is 2.39. The van der Waals surface area contributed by atoms with Crippen LogP contribution in [0.25, 0.3) is 0 Å². The highest BCUT2D eigenvalue weighted by Crippen LogP contribution is 2.35. The van der Waals surface area contributed by atoms with E-state index in [4.69, 9.17) is 9.47 Å². The molecule has 0 aliphatic carbocycles. The van der Waals surface area contributed by atoms with E-state index in [1.54, 1.807) is 7.11 Å². The number of aryl methyl sites for hydroxylation is 1. The zero-order valence-electron chi connectivity index (χ0n) is 11.2. The number of ether oxygens (including phenoxy) is 2. The van der Waals surface area contributed by atoms with Crippen molar-refractivity contribution in [2.75, 3.05) is 7.11 Å². The van der Waals surface area contributed by atoms with Crippen molar-refractivity contribution in [3.05, 3.63) is 48.6 Å². The maximum atomic E-state index is 5.95. The first-order valence-corrected chi connectivity index (χ1v) is 6.61. The molecule has 1 aromatic rings. The number of benzene rings is 1. The van der Waals surface area contributed by atoms with Crippen molar-refractivity contribution in [2.24, 2.45) is 11.8 Å².